The van der Waals surface area contributed by atoms with Gasteiger partial charge in [0, 0.05) is 6.04 Å². The van der Waals surface area contributed by atoms with Gasteiger partial charge in [-0.05, 0) is 56.3 Å². The second-order valence-corrected chi connectivity index (χ2v) is 8.40. The molecule has 0 unspecified atom stereocenters. The fourth-order valence-corrected chi connectivity index (χ4v) is 4.29. The predicted octanol–water partition coefficient (Wildman–Crippen LogP) is 2.88. The fraction of sp³-hybridized carbons (Fsp3) is 0.478. The number of rotatable bonds is 7. The second-order valence-electron chi connectivity index (χ2n) is 8.40. The van der Waals surface area contributed by atoms with E-state index in [1.54, 1.807) is 6.20 Å². The number of nitrogen functional groups attached to an aromatic ring is 1. The highest BCUT2D eigenvalue weighted by molar-refractivity contribution is 5.88. The Balaban J connectivity index is 1.61. The third kappa shape index (κ3) is 4.85. The van der Waals surface area contributed by atoms with Gasteiger partial charge in [0.05, 0.1) is 12.7 Å². The van der Waals surface area contributed by atoms with E-state index in [1.807, 2.05) is 0 Å². The predicted molar refractivity (Wildman–Crippen MR) is 124 cm³/mol. The van der Waals surface area contributed by atoms with Crippen LogP contribution in [0.2, 0.25) is 0 Å². The van der Waals surface area contributed by atoms with Gasteiger partial charge in [0.2, 0.25) is 5.95 Å². The summed E-state index contributed by atoms with van der Waals surface area (Å²) in [6.07, 6.45) is 5.93. The molecule has 0 bridgehead atoms. The van der Waals surface area contributed by atoms with Gasteiger partial charge in [-0.1, -0.05) is 37.6 Å². The first-order chi connectivity index (χ1) is 15.0. The Morgan fingerprint density at radius 2 is 1.97 bits per heavy atom. The van der Waals surface area contributed by atoms with Crippen molar-refractivity contribution in [3.63, 3.8) is 0 Å². The lowest BCUT2D eigenvalue weighted by atomic mass is 9.90. The lowest BCUT2D eigenvalue weighted by Gasteiger charge is -2.23. The van der Waals surface area contributed by atoms with Crippen LogP contribution < -0.4 is 21.9 Å². The molecule has 4 N–H and O–H groups in total. The van der Waals surface area contributed by atoms with Crippen LogP contribution >= 0.6 is 0 Å². The summed E-state index contributed by atoms with van der Waals surface area (Å²) in [7, 11) is 0. The third-order valence-corrected chi connectivity index (χ3v) is 5.95. The van der Waals surface area contributed by atoms with Crippen molar-refractivity contribution >= 4 is 22.7 Å². The number of anilines is 2. The first-order valence-electron chi connectivity index (χ1n) is 11.1. The molecule has 1 atom stereocenters. The highest BCUT2D eigenvalue weighted by Gasteiger charge is 2.17. The lowest BCUT2D eigenvalue weighted by Crippen LogP contribution is -2.27. The number of nitrogens with zero attached hydrogens (tertiary/aromatic N) is 4. The van der Waals surface area contributed by atoms with E-state index in [4.69, 9.17) is 5.73 Å². The average Bonchev–Trinajstić information content (AvgIpc) is 2.76. The molecule has 3 heterocycles. The van der Waals surface area contributed by atoms with Crippen LogP contribution in [0.1, 0.15) is 56.6 Å². The van der Waals surface area contributed by atoms with Crippen molar-refractivity contribution in [1.29, 1.82) is 0 Å². The van der Waals surface area contributed by atoms with Crippen molar-refractivity contribution in [3.8, 4) is 0 Å². The molecule has 3 aromatic rings. The van der Waals surface area contributed by atoms with Gasteiger partial charge in [0.25, 0.3) is 5.56 Å². The molecule has 164 valence electrons. The zero-order chi connectivity index (χ0) is 21.8. The van der Waals surface area contributed by atoms with Crippen LogP contribution in [0.3, 0.4) is 0 Å². The molecular weight excluding hydrogens is 390 g/mol. The molecule has 8 nitrogen and oxygen atoms in total. The Hall–Kier alpha value is -3.00. The Bertz CT molecular complexity index is 1090. The van der Waals surface area contributed by atoms with Crippen molar-refractivity contribution in [2.24, 2.45) is 0 Å². The number of benzene rings is 1. The molecule has 1 saturated heterocycles. The zero-order valence-electron chi connectivity index (χ0n) is 18.3. The van der Waals surface area contributed by atoms with Gasteiger partial charge < -0.3 is 16.4 Å². The van der Waals surface area contributed by atoms with E-state index in [0.717, 1.165) is 31.5 Å². The van der Waals surface area contributed by atoms with Crippen molar-refractivity contribution < 1.29 is 0 Å². The molecule has 0 saturated carbocycles. The quantitative estimate of drug-likeness (QED) is 0.538. The molecular formula is C23H31N7O. The van der Waals surface area contributed by atoms with E-state index < -0.39 is 0 Å². The van der Waals surface area contributed by atoms with Crippen LogP contribution in [0.5, 0.6) is 0 Å². The minimum atomic E-state index is -0.217. The van der Waals surface area contributed by atoms with E-state index >= 15 is 0 Å². The molecule has 0 amide bonds. The molecule has 0 aliphatic carbocycles. The maximum Gasteiger partial charge on any atom is 0.280 e. The second kappa shape index (κ2) is 9.43. The maximum atomic E-state index is 13.3. The lowest BCUT2D eigenvalue weighted by molar-refractivity contribution is 0.460. The van der Waals surface area contributed by atoms with Crippen molar-refractivity contribution in [3.05, 3.63) is 51.9 Å². The number of aromatic nitrogens is 4. The van der Waals surface area contributed by atoms with E-state index in [0.29, 0.717) is 29.2 Å². The summed E-state index contributed by atoms with van der Waals surface area (Å²) in [6, 6.07) is 8.72. The molecule has 8 heteroatoms. The Labute approximate surface area is 182 Å². The van der Waals surface area contributed by atoms with Crippen LogP contribution in [-0.4, -0.2) is 38.9 Å². The first-order valence-corrected chi connectivity index (χ1v) is 11.1. The summed E-state index contributed by atoms with van der Waals surface area (Å²) >= 11 is 0. The SMILES string of the molecule is CCC[C@@H](C)Nc1nc(N)nc2cnn(Cc3ccc(C4CCNCC4)cc3)c(=O)c12. The average molecular weight is 422 g/mol. The number of piperidine rings is 1. The van der Waals surface area contributed by atoms with Gasteiger partial charge in [-0.2, -0.15) is 10.1 Å². The van der Waals surface area contributed by atoms with Gasteiger partial charge in [-0.15, -0.1) is 0 Å². The van der Waals surface area contributed by atoms with Gasteiger partial charge in [-0.25, -0.2) is 9.67 Å². The third-order valence-electron chi connectivity index (χ3n) is 5.95. The number of hydrogen-bond donors (Lipinski definition) is 3. The molecule has 1 aliphatic rings. The monoisotopic (exact) mass is 421 g/mol. The van der Waals surface area contributed by atoms with Crippen molar-refractivity contribution in [1.82, 2.24) is 25.1 Å². The number of fused-ring (bicyclic) bond motifs is 1. The standard InChI is InChI=1S/C23H31N7O/c1-3-4-15(2)27-21-20-19(28-23(24)29-21)13-26-30(22(20)31)14-16-5-7-17(8-6-16)18-9-11-25-12-10-18/h5-8,13,15,18,25H,3-4,9-12,14H2,1-2H3,(H3,24,27,28,29)/t15-/m1/s1. The molecule has 1 aliphatic heterocycles. The normalized spacial score (nSPS) is 15.8. The van der Waals surface area contributed by atoms with Crippen LogP contribution in [0.15, 0.2) is 35.3 Å². The van der Waals surface area contributed by atoms with Gasteiger partial charge in [0.15, 0.2) is 0 Å². The molecule has 0 spiro atoms. The number of nitrogens with one attached hydrogen (secondary N) is 2. The molecule has 2 aromatic heterocycles. The molecule has 4 rings (SSSR count). The van der Waals surface area contributed by atoms with Crippen LogP contribution in [-0.2, 0) is 6.54 Å². The van der Waals surface area contributed by atoms with E-state index in [2.05, 4.69) is 63.8 Å². The Morgan fingerprint density at radius 1 is 1.23 bits per heavy atom. The number of hydrogen-bond acceptors (Lipinski definition) is 7. The van der Waals surface area contributed by atoms with Gasteiger partial charge in [-0.3, -0.25) is 4.79 Å². The summed E-state index contributed by atoms with van der Waals surface area (Å²) in [5.74, 6) is 1.22. The zero-order valence-corrected chi connectivity index (χ0v) is 18.3. The topological polar surface area (TPSA) is 111 Å². The largest absolute Gasteiger partial charge is 0.368 e. The van der Waals surface area contributed by atoms with Crippen molar-refractivity contribution in [2.75, 3.05) is 24.1 Å². The van der Waals surface area contributed by atoms with Gasteiger partial charge >= 0.3 is 0 Å². The summed E-state index contributed by atoms with van der Waals surface area (Å²) in [5.41, 5.74) is 8.51. The van der Waals surface area contributed by atoms with Crippen LogP contribution in [0.4, 0.5) is 11.8 Å². The van der Waals surface area contributed by atoms with Gasteiger partial charge in [0.1, 0.15) is 16.7 Å². The summed E-state index contributed by atoms with van der Waals surface area (Å²) in [6.45, 7) is 6.73. The fourth-order valence-electron chi connectivity index (χ4n) is 4.29. The Morgan fingerprint density at radius 3 is 2.68 bits per heavy atom. The minimum Gasteiger partial charge on any atom is -0.368 e. The van der Waals surface area contributed by atoms with E-state index in [-0.39, 0.29) is 17.5 Å². The number of nitrogens with two attached hydrogens (primary N) is 1. The van der Waals surface area contributed by atoms with E-state index in [1.165, 1.54) is 23.1 Å². The van der Waals surface area contributed by atoms with Crippen LogP contribution in [0.25, 0.3) is 10.9 Å². The highest BCUT2D eigenvalue weighted by atomic mass is 16.1. The maximum absolute atomic E-state index is 13.3. The molecule has 0 radical (unpaired) electrons. The Kier molecular flexibility index (Phi) is 6.46. The first kappa shape index (κ1) is 21.2. The van der Waals surface area contributed by atoms with Crippen molar-refractivity contribution in [2.45, 2.75) is 58.0 Å². The highest BCUT2D eigenvalue weighted by Crippen LogP contribution is 2.25. The molecule has 31 heavy (non-hydrogen) atoms. The molecule has 1 fully saturated rings. The van der Waals surface area contributed by atoms with Crippen LogP contribution in [0, 0.1) is 0 Å². The summed E-state index contributed by atoms with van der Waals surface area (Å²) < 4.78 is 1.47. The smallest absolute Gasteiger partial charge is 0.280 e. The minimum absolute atomic E-state index is 0.131. The van der Waals surface area contributed by atoms with E-state index in [9.17, 15) is 4.79 Å². The summed E-state index contributed by atoms with van der Waals surface area (Å²) in [5, 5.41) is 11.5. The summed E-state index contributed by atoms with van der Waals surface area (Å²) in [4.78, 5) is 21.8. The molecule has 1 aromatic carbocycles.